The zero-order valence-corrected chi connectivity index (χ0v) is 15.6. The maximum absolute atomic E-state index is 12.8. The van der Waals surface area contributed by atoms with Crippen LogP contribution < -0.4 is 0 Å². The number of hydrogen-bond donors (Lipinski definition) is 2. The lowest BCUT2D eigenvalue weighted by Crippen LogP contribution is -2.47. The summed E-state index contributed by atoms with van der Waals surface area (Å²) in [5, 5.41) is 20.0. The zero-order valence-electron chi connectivity index (χ0n) is 14.8. The number of carbonyl (C=O) groups is 1. The van der Waals surface area contributed by atoms with E-state index in [4.69, 9.17) is 16.3 Å². The molecule has 1 aliphatic heterocycles. The predicted molar refractivity (Wildman–Crippen MR) is 97.1 cm³/mol. The number of aliphatic hydroxyl groups is 1. The van der Waals surface area contributed by atoms with Crippen LogP contribution in [0.25, 0.3) is 0 Å². The number of aliphatic hydroxyl groups excluding tert-OH is 1. The highest BCUT2D eigenvalue weighted by Gasteiger charge is 2.31. The second-order valence-electron chi connectivity index (χ2n) is 6.78. The molecular formula is C18H27ClN2O4. The van der Waals surface area contributed by atoms with Gasteiger partial charge in [-0.1, -0.05) is 11.6 Å². The summed E-state index contributed by atoms with van der Waals surface area (Å²) < 4.78 is 5.10. The average molecular weight is 371 g/mol. The Morgan fingerprint density at radius 1 is 1.40 bits per heavy atom. The molecule has 0 bridgehead atoms. The van der Waals surface area contributed by atoms with Gasteiger partial charge in [0, 0.05) is 44.9 Å². The third-order valence-electron chi connectivity index (χ3n) is 4.61. The smallest absolute Gasteiger partial charge is 0.257 e. The minimum Gasteiger partial charge on any atom is -0.507 e. The lowest BCUT2D eigenvalue weighted by Gasteiger charge is -2.38. The SMILES string of the molecule is COCCN(C)C[C@H]1C[C@H](CO)CN(C(=O)c2cc(Cl)ccc2O)C1. The summed E-state index contributed by atoms with van der Waals surface area (Å²) in [7, 11) is 3.70. The van der Waals surface area contributed by atoms with Crippen molar-refractivity contribution in [3.05, 3.63) is 28.8 Å². The van der Waals surface area contributed by atoms with Crippen LogP contribution in [0.3, 0.4) is 0 Å². The van der Waals surface area contributed by atoms with Gasteiger partial charge in [-0.3, -0.25) is 4.79 Å². The van der Waals surface area contributed by atoms with Gasteiger partial charge in [-0.25, -0.2) is 0 Å². The maximum atomic E-state index is 12.8. The van der Waals surface area contributed by atoms with Gasteiger partial charge in [-0.15, -0.1) is 0 Å². The van der Waals surface area contributed by atoms with E-state index in [1.165, 1.54) is 12.1 Å². The van der Waals surface area contributed by atoms with Crippen molar-refractivity contribution >= 4 is 17.5 Å². The highest BCUT2D eigenvalue weighted by molar-refractivity contribution is 6.31. The molecule has 2 atom stereocenters. The summed E-state index contributed by atoms with van der Waals surface area (Å²) >= 11 is 5.96. The molecule has 25 heavy (non-hydrogen) atoms. The molecule has 0 saturated carbocycles. The van der Waals surface area contributed by atoms with Crippen LogP contribution >= 0.6 is 11.6 Å². The van der Waals surface area contributed by atoms with E-state index < -0.39 is 0 Å². The first-order chi connectivity index (χ1) is 11.9. The molecule has 7 heteroatoms. The van der Waals surface area contributed by atoms with Gasteiger partial charge >= 0.3 is 0 Å². The van der Waals surface area contributed by atoms with Gasteiger partial charge < -0.3 is 24.7 Å². The summed E-state index contributed by atoms with van der Waals surface area (Å²) in [5.74, 6) is -0.0186. The number of halogens is 1. The van der Waals surface area contributed by atoms with E-state index in [0.29, 0.717) is 24.7 Å². The molecule has 2 rings (SSSR count). The quantitative estimate of drug-likeness (QED) is 0.764. The van der Waals surface area contributed by atoms with Crippen LogP contribution in [0, 0.1) is 11.8 Å². The van der Waals surface area contributed by atoms with Gasteiger partial charge in [0.15, 0.2) is 0 Å². The number of likely N-dealkylation sites (tertiary alicyclic amines) is 1. The number of methoxy groups -OCH3 is 1. The van der Waals surface area contributed by atoms with Gasteiger partial charge in [0.05, 0.1) is 12.2 Å². The first-order valence-corrected chi connectivity index (χ1v) is 8.88. The van der Waals surface area contributed by atoms with Crippen LogP contribution in [0.15, 0.2) is 18.2 Å². The lowest BCUT2D eigenvalue weighted by molar-refractivity contribution is 0.0448. The van der Waals surface area contributed by atoms with Gasteiger partial charge in [0.2, 0.25) is 0 Å². The highest BCUT2D eigenvalue weighted by Crippen LogP contribution is 2.27. The van der Waals surface area contributed by atoms with Crippen LogP contribution in [0.2, 0.25) is 5.02 Å². The molecule has 0 spiro atoms. The lowest BCUT2D eigenvalue weighted by atomic mass is 9.88. The van der Waals surface area contributed by atoms with Crippen molar-refractivity contribution in [2.24, 2.45) is 11.8 Å². The van der Waals surface area contributed by atoms with E-state index in [2.05, 4.69) is 4.90 Å². The fraction of sp³-hybridized carbons (Fsp3) is 0.611. The third-order valence-corrected chi connectivity index (χ3v) is 4.84. The van der Waals surface area contributed by atoms with Crippen LogP contribution in [0.4, 0.5) is 0 Å². The van der Waals surface area contributed by atoms with Crippen molar-refractivity contribution in [2.45, 2.75) is 6.42 Å². The van der Waals surface area contributed by atoms with Crippen LogP contribution in [-0.2, 0) is 4.74 Å². The average Bonchev–Trinajstić information content (AvgIpc) is 2.61. The number of likely N-dealkylation sites (N-methyl/N-ethyl adjacent to an activating group) is 1. The van der Waals surface area contributed by atoms with Gasteiger partial charge in [-0.2, -0.15) is 0 Å². The van der Waals surface area contributed by atoms with Crippen LogP contribution in [0.5, 0.6) is 5.75 Å². The Balaban J connectivity index is 2.08. The summed E-state index contributed by atoms with van der Waals surface area (Å²) in [6, 6.07) is 4.47. The largest absolute Gasteiger partial charge is 0.507 e. The minimum absolute atomic E-state index is 0.0415. The van der Waals surface area contributed by atoms with E-state index in [1.807, 2.05) is 7.05 Å². The monoisotopic (exact) mass is 370 g/mol. The topological polar surface area (TPSA) is 73.2 Å². The van der Waals surface area contributed by atoms with Crippen molar-refractivity contribution in [3.8, 4) is 5.75 Å². The number of benzene rings is 1. The zero-order chi connectivity index (χ0) is 18.4. The molecule has 1 heterocycles. The fourth-order valence-electron chi connectivity index (χ4n) is 3.38. The molecule has 1 aliphatic rings. The number of nitrogens with zero attached hydrogens (tertiary/aromatic N) is 2. The van der Waals surface area contributed by atoms with E-state index in [9.17, 15) is 15.0 Å². The summed E-state index contributed by atoms with van der Waals surface area (Å²) in [5.41, 5.74) is 0.206. The Morgan fingerprint density at radius 3 is 2.80 bits per heavy atom. The molecule has 1 saturated heterocycles. The molecule has 140 valence electrons. The molecule has 6 nitrogen and oxygen atoms in total. The van der Waals surface area contributed by atoms with E-state index in [1.54, 1.807) is 18.1 Å². The molecule has 1 fully saturated rings. The van der Waals surface area contributed by atoms with Crippen molar-refractivity contribution in [1.82, 2.24) is 9.80 Å². The summed E-state index contributed by atoms with van der Waals surface area (Å²) in [6.07, 6.45) is 0.874. The van der Waals surface area contributed by atoms with Crippen LogP contribution in [0.1, 0.15) is 16.8 Å². The molecule has 0 aromatic heterocycles. The first-order valence-electron chi connectivity index (χ1n) is 8.50. The maximum Gasteiger partial charge on any atom is 0.257 e. The Labute approximate surface area is 153 Å². The number of piperidine rings is 1. The fourth-order valence-corrected chi connectivity index (χ4v) is 3.55. The molecule has 2 N–H and O–H groups in total. The Kier molecular flexibility index (Phi) is 7.50. The van der Waals surface area contributed by atoms with E-state index in [-0.39, 0.29) is 35.7 Å². The Morgan fingerprint density at radius 2 is 2.12 bits per heavy atom. The molecule has 1 aromatic carbocycles. The normalized spacial score (nSPS) is 20.9. The molecular weight excluding hydrogens is 344 g/mol. The van der Waals surface area contributed by atoms with Crippen molar-refractivity contribution in [2.75, 3.05) is 53.6 Å². The first kappa shape index (κ1) is 20.0. The third kappa shape index (κ3) is 5.57. The number of ether oxygens (including phenoxy) is 1. The molecule has 0 aliphatic carbocycles. The van der Waals surface area contributed by atoms with E-state index in [0.717, 1.165) is 19.5 Å². The number of rotatable bonds is 7. The molecule has 1 amide bonds. The number of phenols is 1. The summed E-state index contributed by atoms with van der Waals surface area (Å²) in [6.45, 7) is 3.43. The second-order valence-corrected chi connectivity index (χ2v) is 7.21. The highest BCUT2D eigenvalue weighted by atomic mass is 35.5. The number of carbonyl (C=O) groups excluding carboxylic acids is 1. The Bertz CT molecular complexity index is 584. The van der Waals surface area contributed by atoms with Gasteiger partial charge in [-0.05, 0) is 43.5 Å². The standard InChI is InChI=1S/C18H27ClN2O4/c1-20(5-6-25-2)9-13-7-14(12-22)11-21(10-13)18(24)16-8-15(19)3-4-17(16)23/h3-4,8,13-14,22-23H,5-7,9-12H2,1-2H3/t13-,14+/m1/s1. The number of phenolic OH excluding ortho intramolecular Hbond substituents is 1. The van der Waals surface area contributed by atoms with Gasteiger partial charge in [0.1, 0.15) is 5.75 Å². The number of hydrogen-bond acceptors (Lipinski definition) is 5. The summed E-state index contributed by atoms with van der Waals surface area (Å²) in [4.78, 5) is 16.7. The molecule has 0 unspecified atom stereocenters. The molecule has 1 aromatic rings. The van der Waals surface area contributed by atoms with Crippen molar-refractivity contribution in [1.29, 1.82) is 0 Å². The van der Waals surface area contributed by atoms with E-state index >= 15 is 0 Å². The number of amides is 1. The minimum atomic E-state index is -0.248. The number of aromatic hydroxyl groups is 1. The van der Waals surface area contributed by atoms with Gasteiger partial charge in [0.25, 0.3) is 5.91 Å². The van der Waals surface area contributed by atoms with Crippen molar-refractivity contribution < 1.29 is 19.7 Å². The van der Waals surface area contributed by atoms with Crippen molar-refractivity contribution in [3.63, 3.8) is 0 Å². The predicted octanol–water partition coefficient (Wildman–Crippen LogP) is 1.69. The second kappa shape index (κ2) is 9.38. The molecule has 0 radical (unpaired) electrons. The Hall–Kier alpha value is -1.34. The van der Waals surface area contributed by atoms with Crippen LogP contribution in [-0.4, -0.2) is 79.5 Å².